The highest BCUT2D eigenvalue weighted by Gasteiger charge is 2.43. The fraction of sp³-hybridized carbons (Fsp3) is 0.280. The molecular formula is C25H26N4O. The van der Waals surface area contributed by atoms with E-state index < -0.39 is 5.92 Å². The predicted octanol–water partition coefficient (Wildman–Crippen LogP) is 3.97. The van der Waals surface area contributed by atoms with Crippen molar-refractivity contribution in [1.29, 1.82) is 5.26 Å². The Labute approximate surface area is 177 Å². The quantitative estimate of drug-likeness (QED) is 0.847. The van der Waals surface area contributed by atoms with Crippen molar-refractivity contribution in [2.75, 3.05) is 14.1 Å². The number of hydrogen-bond donors (Lipinski definition) is 1. The lowest BCUT2D eigenvalue weighted by Gasteiger charge is -2.44. The van der Waals surface area contributed by atoms with Crippen LogP contribution in [0.15, 0.2) is 77.3 Å². The number of nitrogens with two attached hydrogens (primary N) is 1. The zero-order valence-corrected chi connectivity index (χ0v) is 17.6. The maximum absolute atomic E-state index is 13.6. The van der Waals surface area contributed by atoms with Gasteiger partial charge in [-0.15, -0.1) is 0 Å². The number of rotatable bonds is 3. The average Bonchev–Trinajstić information content (AvgIpc) is 2.73. The average molecular weight is 399 g/mol. The molecule has 5 nitrogen and oxygen atoms in total. The van der Waals surface area contributed by atoms with Crippen molar-refractivity contribution < 1.29 is 4.79 Å². The van der Waals surface area contributed by atoms with Crippen molar-refractivity contribution in [3.8, 4) is 6.07 Å². The van der Waals surface area contributed by atoms with Gasteiger partial charge in [0, 0.05) is 31.8 Å². The van der Waals surface area contributed by atoms with E-state index in [2.05, 4.69) is 18.2 Å². The van der Waals surface area contributed by atoms with Crippen molar-refractivity contribution in [2.45, 2.75) is 31.6 Å². The third kappa shape index (κ3) is 3.20. The molecule has 2 atom stereocenters. The number of nitriles is 1. The summed E-state index contributed by atoms with van der Waals surface area (Å²) >= 11 is 0. The first-order chi connectivity index (χ1) is 14.4. The molecule has 1 heterocycles. The Morgan fingerprint density at radius 3 is 2.37 bits per heavy atom. The Morgan fingerprint density at radius 1 is 1.07 bits per heavy atom. The highest BCUT2D eigenvalue weighted by atomic mass is 16.1. The van der Waals surface area contributed by atoms with Crippen molar-refractivity contribution in [1.82, 2.24) is 10.0 Å². The predicted molar refractivity (Wildman–Crippen MR) is 117 cm³/mol. The number of nitrogens with zero attached hydrogens (tertiary/aromatic N) is 3. The number of ketones is 1. The van der Waals surface area contributed by atoms with Gasteiger partial charge in [0.25, 0.3) is 0 Å². The lowest BCUT2D eigenvalue weighted by atomic mass is 9.71. The third-order valence-electron chi connectivity index (χ3n) is 6.11. The monoisotopic (exact) mass is 398 g/mol. The van der Waals surface area contributed by atoms with E-state index >= 15 is 0 Å². The van der Waals surface area contributed by atoms with E-state index in [0.717, 1.165) is 22.4 Å². The number of Topliss-reactive ketones (excluding diaryl/α,β-unsaturated/α-hetero) is 1. The Morgan fingerprint density at radius 2 is 1.73 bits per heavy atom. The number of allylic oxidation sites excluding steroid dienone is 3. The maximum Gasteiger partial charge on any atom is 0.162 e. The van der Waals surface area contributed by atoms with Gasteiger partial charge < -0.3 is 5.73 Å². The molecule has 0 aromatic heterocycles. The zero-order valence-electron chi connectivity index (χ0n) is 17.6. The molecule has 30 heavy (non-hydrogen) atoms. The van der Waals surface area contributed by atoms with Gasteiger partial charge in [-0.25, -0.2) is 5.01 Å². The molecule has 0 saturated carbocycles. The van der Waals surface area contributed by atoms with E-state index in [9.17, 15) is 10.1 Å². The SMILES string of the molecule is Cc1ccccc1[C@@H]1C(C#N)=C(N)N(N(C)C)C2=C1C(=O)C[C@H](c1ccccc1)C2. The van der Waals surface area contributed by atoms with Gasteiger partial charge in [-0.05, 0) is 36.0 Å². The molecule has 2 N–H and O–H groups in total. The van der Waals surface area contributed by atoms with Crippen molar-refractivity contribution >= 4 is 5.78 Å². The standard InChI is InChI=1S/C25H26N4O/c1-16-9-7-8-12-19(16)23-20(15-26)25(27)29(28(2)3)21-13-18(14-22(30)24(21)23)17-10-5-4-6-11-17/h4-12,18,23H,13-14,27H2,1-3H3/t18-,23-/m1/s1. The summed E-state index contributed by atoms with van der Waals surface area (Å²) in [4.78, 5) is 13.6. The number of aryl methyl sites for hydroxylation is 1. The van der Waals surface area contributed by atoms with Crippen LogP contribution in [0.25, 0.3) is 0 Å². The largest absolute Gasteiger partial charge is 0.383 e. The molecule has 2 aliphatic rings. The number of hydrogen-bond acceptors (Lipinski definition) is 5. The molecule has 0 radical (unpaired) electrons. The smallest absolute Gasteiger partial charge is 0.162 e. The minimum atomic E-state index is -0.424. The lowest BCUT2D eigenvalue weighted by molar-refractivity contribution is -0.117. The molecule has 152 valence electrons. The first kappa shape index (κ1) is 19.9. The molecule has 2 aromatic rings. The second kappa shape index (κ2) is 7.81. The van der Waals surface area contributed by atoms with Crippen molar-refractivity contribution in [2.24, 2.45) is 5.73 Å². The number of carbonyl (C=O) groups is 1. The number of benzene rings is 2. The summed E-state index contributed by atoms with van der Waals surface area (Å²) in [6.07, 6.45) is 1.14. The third-order valence-corrected chi connectivity index (χ3v) is 6.11. The van der Waals surface area contributed by atoms with Crippen LogP contribution in [0.5, 0.6) is 0 Å². The van der Waals surface area contributed by atoms with Crippen LogP contribution >= 0.6 is 0 Å². The summed E-state index contributed by atoms with van der Waals surface area (Å²) in [6.45, 7) is 2.01. The van der Waals surface area contributed by atoms with E-state index in [1.165, 1.54) is 0 Å². The summed E-state index contributed by atoms with van der Waals surface area (Å²) in [6, 6.07) is 20.4. The van der Waals surface area contributed by atoms with Gasteiger partial charge in [-0.2, -0.15) is 5.26 Å². The van der Waals surface area contributed by atoms with Gasteiger partial charge in [0.05, 0.1) is 17.6 Å². The molecular weight excluding hydrogens is 372 g/mol. The highest BCUT2D eigenvalue weighted by molar-refractivity contribution is 6.00. The lowest BCUT2D eigenvalue weighted by Crippen LogP contribution is -2.46. The Balaban J connectivity index is 1.92. The van der Waals surface area contributed by atoms with Crippen LogP contribution in [0.4, 0.5) is 0 Å². The molecule has 2 aromatic carbocycles. The van der Waals surface area contributed by atoms with Gasteiger partial charge in [-0.1, -0.05) is 54.6 Å². The van der Waals surface area contributed by atoms with Crippen LogP contribution in [0.2, 0.25) is 0 Å². The molecule has 0 bridgehead atoms. The van der Waals surface area contributed by atoms with E-state index in [4.69, 9.17) is 5.73 Å². The van der Waals surface area contributed by atoms with Gasteiger partial charge in [0.2, 0.25) is 0 Å². The Hall–Kier alpha value is -3.36. The molecule has 0 fully saturated rings. The van der Waals surface area contributed by atoms with Crippen LogP contribution in [0.1, 0.15) is 41.4 Å². The van der Waals surface area contributed by atoms with Crippen LogP contribution in [0, 0.1) is 18.3 Å². The first-order valence-electron chi connectivity index (χ1n) is 10.2. The van der Waals surface area contributed by atoms with Crippen LogP contribution < -0.4 is 5.73 Å². The van der Waals surface area contributed by atoms with E-state index in [1.807, 2.05) is 73.5 Å². The molecule has 1 aliphatic heterocycles. The highest BCUT2D eigenvalue weighted by Crippen LogP contribution is 2.48. The Kier molecular flexibility index (Phi) is 5.19. The van der Waals surface area contributed by atoms with Crippen LogP contribution in [-0.2, 0) is 4.79 Å². The summed E-state index contributed by atoms with van der Waals surface area (Å²) in [5.41, 5.74) is 11.7. The summed E-state index contributed by atoms with van der Waals surface area (Å²) < 4.78 is 0. The minimum Gasteiger partial charge on any atom is -0.383 e. The van der Waals surface area contributed by atoms with E-state index in [0.29, 0.717) is 29.8 Å². The van der Waals surface area contributed by atoms with Crippen LogP contribution in [-0.4, -0.2) is 29.9 Å². The molecule has 0 spiro atoms. The summed E-state index contributed by atoms with van der Waals surface area (Å²) in [7, 11) is 3.77. The number of carbonyl (C=O) groups excluding carboxylic acids is 1. The molecule has 1 aliphatic carbocycles. The van der Waals surface area contributed by atoms with Crippen LogP contribution in [0.3, 0.4) is 0 Å². The zero-order chi connectivity index (χ0) is 21.4. The van der Waals surface area contributed by atoms with Crippen molar-refractivity contribution in [3.05, 3.63) is 94.0 Å². The first-order valence-corrected chi connectivity index (χ1v) is 10.2. The fourth-order valence-electron chi connectivity index (χ4n) is 4.75. The molecule has 0 unspecified atom stereocenters. The normalized spacial score (nSPS) is 21.7. The molecule has 0 saturated heterocycles. The maximum atomic E-state index is 13.6. The van der Waals surface area contributed by atoms with Gasteiger partial charge in [-0.3, -0.25) is 9.80 Å². The van der Waals surface area contributed by atoms with Crippen molar-refractivity contribution in [3.63, 3.8) is 0 Å². The summed E-state index contributed by atoms with van der Waals surface area (Å²) in [5, 5.41) is 13.7. The van der Waals surface area contributed by atoms with Gasteiger partial charge in [0.1, 0.15) is 5.82 Å². The number of hydrazine groups is 1. The fourth-order valence-corrected chi connectivity index (χ4v) is 4.75. The molecule has 5 heteroatoms. The topological polar surface area (TPSA) is 73.4 Å². The van der Waals surface area contributed by atoms with Gasteiger partial charge >= 0.3 is 0 Å². The van der Waals surface area contributed by atoms with E-state index in [1.54, 1.807) is 0 Å². The second-order valence-corrected chi connectivity index (χ2v) is 8.16. The van der Waals surface area contributed by atoms with E-state index in [-0.39, 0.29) is 11.7 Å². The molecule has 0 amide bonds. The second-order valence-electron chi connectivity index (χ2n) is 8.16. The molecule has 4 rings (SSSR count). The Bertz CT molecular complexity index is 1090. The van der Waals surface area contributed by atoms with Gasteiger partial charge in [0.15, 0.2) is 5.78 Å². The summed E-state index contributed by atoms with van der Waals surface area (Å²) in [5.74, 6) is 0.155. The minimum absolute atomic E-state index is 0.0884.